The second kappa shape index (κ2) is 11.3. The predicted molar refractivity (Wildman–Crippen MR) is 125 cm³/mol. The normalized spacial score (nSPS) is 16.8. The molecule has 1 aliphatic heterocycles. The summed E-state index contributed by atoms with van der Waals surface area (Å²) in [6.07, 6.45) is -3.14. The molecule has 36 heavy (non-hydrogen) atoms. The third kappa shape index (κ3) is 6.88. The fourth-order valence-corrected chi connectivity index (χ4v) is 3.49. The van der Waals surface area contributed by atoms with Crippen LogP contribution in [-0.4, -0.2) is 54.8 Å². The first-order chi connectivity index (χ1) is 17.0. The Morgan fingerprint density at radius 1 is 1.14 bits per heavy atom. The number of nitrogens with zero attached hydrogens (tertiary/aromatic N) is 1. The Morgan fingerprint density at radius 2 is 1.83 bits per heavy atom. The number of anilines is 1. The minimum atomic E-state index is -1.65. The molecule has 0 aliphatic carbocycles. The summed E-state index contributed by atoms with van der Waals surface area (Å²) in [5.41, 5.74) is -0.346. The van der Waals surface area contributed by atoms with Gasteiger partial charge in [0.25, 0.3) is 5.91 Å². The van der Waals surface area contributed by atoms with E-state index >= 15 is 0 Å². The number of hydrogen-bond donors (Lipinski definition) is 0. The number of benzene rings is 2. The van der Waals surface area contributed by atoms with Crippen molar-refractivity contribution in [3.8, 4) is 0 Å². The van der Waals surface area contributed by atoms with Gasteiger partial charge in [-0.15, -0.1) is 0 Å². The van der Waals surface area contributed by atoms with Crippen LogP contribution in [0.3, 0.4) is 0 Å². The van der Waals surface area contributed by atoms with Crippen LogP contribution in [0.15, 0.2) is 48.5 Å². The molecule has 2 aromatic rings. The predicted octanol–water partition coefficient (Wildman–Crippen LogP) is 3.19. The average molecular weight is 502 g/mol. The molecular weight excluding hydrogens is 473 g/mol. The Morgan fingerprint density at radius 3 is 2.47 bits per heavy atom. The molecule has 9 nitrogen and oxygen atoms in total. The second-order valence-corrected chi connectivity index (χ2v) is 9.07. The lowest BCUT2D eigenvalue weighted by Gasteiger charge is -2.35. The van der Waals surface area contributed by atoms with Crippen molar-refractivity contribution in [1.82, 2.24) is 0 Å². The quantitative estimate of drug-likeness (QED) is 0.421. The van der Waals surface area contributed by atoms with Crippen LogP contribution in [0.25, 0.3) is 0 Å². The van der Waals surface area contributed by atoms with Crippen LogP contribution in [-0.2, 0) is 39.9 Å². The highest BCUT2D eigenvalue weighted by Crippen LogP contribution is 2.25. The number of halogens is 1. The number of carbonyl (C=O) groups excluding carboxylic acids is 4. The van der Waals surface area contributed by atoms with E-state index in [4.69, 9.17) is 18.9 Å². The number of hydrogen-bond acceptors (Lipinski definition) is 8. The molecule has 0 unspecified atom stereocenters. The summed E-state index contributed by atoms with van der Waals surface area (Å²) in [5, 5.41) is 0. The summed E-state index contributed by atoms with van der Waals surface area (Å²) in [5.74, 6) is -4.18. The number of rotatable bonds is 7. The van der Waals surface area contributed by atoms with E-state index in [1.807, 2.05) is 6.07 Å². The maximum Gasteiger partial charge on any atom is 0.351 e. The summed E-state index contributed by atoms with van der Waals surface area (Å²) >= 11 is 0. The molecule has 1 aliphatic rings. The molecule has 0 bridgehead atoms. The van der Waals surface area contributed by atoms with E-state index in [0.29, 0.717) is 0 Å². The van der Waals surface area contributed by atoms with Crippen molar-refractivity contribution in [3.63, 3.8) is 0 Å². The number of carbonyl (C=O) groups is 4. The lowest BCUT2D eigenvalue weighted by molar-refractivity contribution is -0.188. The van der Waals surface area contributed by atoms with Gasteiger partial charge in [-0.05, 0) is 44.5 Å². The van der Waals surface area contributed by atoms with Crippen molar-refractivity contribution in [2.45, 2.75) is 52.1 Å². The van der Waals surface area contributed by atoms with E-state index in [1.165, 1.54) is 17.0 Å². The van der Waals surface area contributed by atoms with Gasteiger partial charge in [-0.3, -0.25) is 9.59 Å². The molecule has 0 saturated carbocycles. The van der Waals surface area contributed by atoms with Gasteiger partial charge in [0.05, 0.1) is 12.2 Å². The minimum Gasteiger partial charge on any atom is -0.457 e. The highest BCUT2D eigenvalue weighted by Gasteiger charge is 2.44. The zero-order chi connectivity index (χ0) is 26.5. The van der Waals surface area contributed by atoms with Crippen LogP contribution in [0.1, 0.15) is 43.6 Å². The van der Waals surface area contributed by atoms with Crippen molar-refractivity contribution in [2.24, 2.45) is 0 Å². The Hall–Kier alpha value is -3.79. The van der Waals surface area contributed by atoms with E-state index in [2.05, 4.69) is 0 Å². The van der Waals surface area contributed by atoms with Crippen LogP contribution in [0, 0.1) is 5.82 Å². The van der Waals surface area contributed by atoms with Crippen LogP contribution in [0.2, 0.25) is 0 Å². The molecule has 0 spiro atoms. The molecule has 0 radical (unpaired) electrons. The third-order valence-electron chi connectivity index (χ3n) is 5.02. The van der Waals surface area contributed by atoms with Crippen LogP contribution in [0.5, 0.6) is 0 Å². The second-order valence-electron chi connectivity index (χ2n) is 9.07. The molecule has 1 saturated heterocycles. The van der Waals surface area contributed by atoms with Gasteiger partial charge in [0.15, 0.2) is 6.10 Å². The lowest BCUT2D eigenvalue weighted by Crippen LogP contribution is -2.56. The molecular formula is C26H28FNO8. The molecule has 2 aromatic carbocycles. The zero-order valence-electron chi connectivity index (χ0n) is 20.5. The lowest BCUT2D eigenvalue weighted by atomic mass is 10.1. The summed E-state index contributed by atoms with van der Waals surface area (Å²) in [7, 11) is 0. The van der Waals surface area contributed by atoms with Gasteiger partial charge in [0.1, 0.15) is 18.0 Å². The standard InChI is InChI=1S/C26H28FNO8/c1-16(29)35-22(25(32)36-26(2,3)4)21-23(30)28(12-13-33-21)18-10-11-20(27)19(14-18)24(31)34-15-17-8-6-5-7-9-17/h5-11,14,21-22H,12-13,15H2,1-4H3/t21-,22-/m1/s1. The number of esters is 3. The van der Waals surface area contributed by atoms with Gasteiger partial charge < -0.3 is 23.8 Å². The first kappa shape index (κ1) is 26.8. The van der Waals surface area contributed by atoms with Crippen molar-refractivity contribution in [1.29, 1.82) is 0 Å². The third-order valence-corrected chi connectivity index (χ3v) is 5.02. The summed E-state index contributed by atoms with van der Waals surface area (Å²) in [6.45, 7) is 5.97. The van der Waals surface area contributed by atoms with Gasteiger partial charge in [-0.1, -0.05) is 30.3 Å². The van der Waals surface area contributed by atoms with Gasteiger partial charge in [-0.25, -0.2) is 14.0 Å². The fourth-order valence-electron chi connectivity index (χ4n) is 3.49. The molecule has 192 valence electrons. The number of ether oxygens (including phenoxy) is 4. The zero-order valence-corrected chi connectivity index (χ0v) is 20.5. The summed E-state index contributed by atoms with van der Waals surface area (Å²) in [4.78, 5) is 51.4. The Balaban J connectivity index is 1.81. The van der Waals surface area contributed by atoms with Gasteiger partial charge in [-0.2, -0.15) is 0 Å². The molecule has 2 atom stereocenters. The minimum absolute atomic E-state index is 0.0118. The number of morpholine rings is 1. The Bertz CT molecular complexity index is 1130. The van der Waals surface area contributed by atoms with E-state index < -0.39 is 47.4 Å². The van der Waals surface area contributed by atoms with E-state index in [1.54, 1.807) is 45.0 Å². The molecule has 0 N–H and O–H groups in total. The molecule has 1 fully saturated rings. The molecule has 0 aromatic heterocycles. The Labute approximate surface area is 208 Å². The van der Waals surface area contributed by atoms with E-state index in [-0.39, 0.29) is 31.0 Å². The summed E-state index contributed by atoms with van der Waals surface area (Å²) < 4.78 is 35.6. The van der Waals surface area contributed by atoms with Gasteiger partial charge in [0.2, 0.25) is 6.10 Å². The maximum absolute atomic E-state index is 14.5. The van der Waals surface area contributed by atoms with Crippen LogP contribution in [0.4, 0.5) is 10.1 Å². The van der Waals surface area contributed by atoms with E-state index in [9.17, 15) is 23.6 Å². The smallest absolute Gasteiger partial charge is 0.351 e. The topological polar surface area (TPSA) is 108 Å². The van der Waals surface area contributed by atoms with Crippen LogP contribution >= 0.6 is 0 Å². The van der Waals surface area contributed by atoms with Crippen molar-refractivity contribution < 1.29 is 42.5 Å². The van der Waals surface area contributed by atoms with E-state index in [0.717, 1.165) is 18.6 Å². The monoisotopic (exact) mass is 501 g/mol. The largest absolute Gasteiger partial charge is 0.457 e. The highest BCUT2D eigenvalue weighted by atomic mass is 19.1. The average Bonchev–Trinajstić information content (AvgIpc) is 2.81. The first-order valence-corrected chi connectivity index (χ1v) is 11.3. The Kier molecular flexibility index (Phi) is 8.41. The number of amides is 1. The van der Waals surface area contributed by atoms with Crippen LogP contribution < -0.4 is 4.90 Å². The highest BCUT2D eigenvalue weighted by molar-refractivity contribution is 6.01. The van der Waals surface area contributed by atoms with Crippen molar-refractivity contribution in [2.75, 3.05) is 18.1 Å². The molecule has 3 rings (SSSR count). The molecule has 1 amide bonds. The fraction of sp³-hybridized carbons (Fsp3) is 0.385. The van der Waals surface area contributed by atoms with Crippen molar-refractivity contribution >= 4 is 29.5 Å². The maximum atomic E-state index is 14.5. The SMILES string of the molecule is CC(=O)O[C@@H](C(=O)OC(C)(C)C)[C@H]1OCCN(c2ccc(F)c(C(=O)OCc3ccccc3)c2)C1=O. The summed E-state index contributed by atoms with van der Waals surface area (Å²) in [6, 6.07) is 12.5. The molecule has 1 heterocycles. The first-order valence-electron chi connectivity index (χ1n) is 11.3. The van der Waals surface area contributed by atoms with Gasteiger partial charge in [0, 0.05) is 19.2 Å². The van der Waals surface area contributed by atoms with Crippen molar-refractivity contribution in [3.05, 3.63) is 65.5 Å². The van der Waals surface area contributed by atoms with Gasteiger partial charge >= 0.3 is 17.9 Å². The molecule has 10 heteroatoms.